The van der Waals surface area contributed by atoms with Crippen LogP contribution in [-0.2, 0) is 19.5 Å². The predicted octanol–water partition coefficient (Wildman–Crippen LogP) is 2.33. The molecule has 5 heteroatoms. The molecular weight excluding hydrogens is 300 g/mol. The highest BCUT2D eigenvalue weighted by molar-refractivity contribution is 5.60. The topological polar surface area (TPSA) is 53.4 Å². The van der Waals surface area contributed by atoms with Gasteiger partial charge in [-0.3, -0.25) is 19.8 Å². The molecular formula is C19H22N4O. The number of nitrogens with one attached hydrogen (secondary N) is 1. The van der Waals surface area contributed by atoms with Gasteiger partial charge in [0.1, 0.15) is 0 Å². The standard InChI is InChI=1S/C19H22N4O/c24-19-17-14-22(12-16-7-4-9-20-11-16)10-8-18(17)21-23(19)13-15-5-2-1-3-6-15/h1-3,5-6,9,11,21H,4,7-8,10,12-14H2. The zero-order valence-electron chi connectivity index (χ0n) is 13.7. The number of aromatic amines is 1. The van der Waals surface area contributed by atoms with E-state index < -0.39 is 0 Å². The second-order valence-corrected chi connectivity index (χ2v) is 6.56. The molecule has 0 saturated carbocycles. The van der Waals surface area contributed by atoms with Crippen molar-refractivity contribution in [2.45, 2.75) is 32.4 Å². The van der Waals surface area contributed by atoms with E-state index in [1.807, 2.05) is 30.6 Å². The maximum atomic E-state index is 12.7. The van der Waals surface area contributed by atoms with Gasteiger partial charge < -0.3 is 0 Å². The van der Waals surface area contributed by atoms with Gasteiger partial charge in [0.15, 0.2) is 0 Å². The van der Waals surface area contributed by atoms with Crippen LogP contribution in [0.3, 0.4) is 0 Å². The zero-order chi connectivity index (χ0) is 16.4. The van der Waals surface area contributed by atoms with Crippen LogP contribution in [-0.4, -0.2) is 34.0 Å². The van der Waals surface area contributed by atoms with Gasteiger partial charge in [-0.2, -0.15) is 0 Å². The molecule has 0 amide bonds. The van der Waals surface area contributed by atoms with Crippen molar-refractivity contribution in [3.63, 3.8) is 0 Å². The Morgan fingerprint density at radius 3 is 2.79 bits per heavy atom. The lowest BCUT2D eigenvalue weighted by Crippen LogP contribution is -2.34. The van der Waals surface area contributed by atoms with Crippen molar-refractivity contribution in [1.29, 1.82) is 0 Å². The van der Waals surface area contributed by atoms with E-state index in [0.29, 0.717) is 6.54 Å². The maximum absolute atomic E-state index is 12.7. The Labute approximate surface area is 141 Å². The van der Waals surface area contributed by atoms with Gasteiger partial charge in [0.05, 0.1) is 12.1 Å². The average molecular weight is 322 g/mol. The Kier molecular flexibility index (Phi) is 4.17. The molecule has 124 valence electrons. The summed E-state index contributed by atoms with van der Waals surface area (Å²) in [6.07, 6.45) is 6.95. The third-order valence-corrected chi connectivity index (χ3v) is 4.76. The van der Waals surface area contributed by atoms with Gasteiger partial charge in [-0.05, 0) is 24.0 Å². The van der Waals surface area contributed by atoms with Crippen LogP contribution in [0.1, 0.15) is 29.7 Å². The van der Waals surface area contributed by atoms with Crippen LogP contribution < -0.4 is 5.56 Å². The molecule has 0 atom stereocenters. The fourth-order valence-electron chi connectivity index (χ4n) is 3.48. The number of nitrogens with zero attached hydrogens (tertiary/aromatic N) is 3. The van der Waals surface area contributed by atoms with Crippen molar-refractivity contribution >= 4 is 6.21 Å². The third-order valence-electron chi connectivity index (χ3n) is 4.76. The van der Waals surface area contributed by atoms with E-state index in [2.05, 4.69) is 27.1 Å². The van der Waals surface area contributed by atoms with E-state index in [-0.39, 0.29) is 5.56 Å². The summed E-state index contributed by atoms with van der Waals surface area (Å²) in [5.41, 5.74) is 4.65. The first-order valence-electron chi connectivity index (χ1n) is 8.56. The Balaban J connectivity index is 1.50. The second-order valence-electron chi connectivity index (χ2n) is 6.56. The number of benzene rings is 1. The minimum atomic E-state index is 0.120. The summed E-state index contributed by atoms with van der Waals surface area (Å²) in [7, 11) is 0. The lowest BCUT2D eigenvalue weighted by Gasteiger charge is -2.27. The number of hydrogen-bond donors (Lipinski definition) is 1. The Bertz CT molecular complexity index is 829. The van der Waals surface area contributed by atoms with Crippen LogP contribution in [0, 0.1) is 0 Å². The van der Waals surface area contributed by atoms with E-state index in [4.69, 9.17) is 0 Å². The predicted molar refractivity (Wildman–Crippen MR) is 95.4 cm³/mol. The molecule has 0 spiro atoms. The van der Waals surface area contributed by atoms with Crippen molar-refractivity contribution in [3.05, 3.63) is 69.3 Å². The number of fused-ring (bicyclic) bond motifs is 1. The van der Waals surface area contributed by atoms with E-state index in [1.54, 1.807) is 4.68 Å². The maximum Gasteiger partial charge on any atom is 0.271 e. The first kappa shape index (κ1) is 15.1. The highest BCUT2D eigenvalue weighted by atomic mass is 16.1. The minimum Gasteiger partial charge on any atom is -0.299 e. The van der Waals surface area contributed by atoms with Crippen LogP contribution in [0.25, 0.3) is 0 Å². The van der Waals surface area contributed by atoms with Gasteiger partial charge in [-0.25, -0.2) is 4.68 Å². The van der Waals surface area contributed by atoms with Crippen molar-refractivity contribution in [2.24, 2.45) is 4.99 Å². The number of rotatable bonds is 4. The van der Waals surface area contributed by atoms with E-state index in [9.17, 15) is 4.79 Å². The molecule has 1 aromatic carbocycles. The molecule has 1 aromatic heterocycles. The number of aliphatic imine (C=N–C) groups is 1. The van der Waals surface area contributed by atoms with E-state index in [1.165, 1.54) is 5.57 Å². The first-order valence-corrected chi connectivity index (χ1v) is 8.56. The van der Waals surface area contributed by atoms with Gasteiger partial charge in [-0.1, -0.05) is 30.3 Å². The third kappa shape index (κ3) is 3.12. The van der Waals surface area contributed by atoms with Gasteiger partial charge in [0.25, 0.3) is 5.56 Å². The highest BCUT2D eigenvalue weighted by Crippen LogP contribution is 2.18. The first-order chi connectivity index (χ1) is 11.8. The van der Waals surface area contributed by atoms with Gasteiger partial charge in [-0.15, -0.1) is 0 Å². The Morgan fingerprint density at radius 1 is 1.12 bits per heavy atom. The lowest BCUT2D eigenvalue weighted by atomic mass is 10.1. The smallest absolute Gasteiger partial charge is 0.271 e. The summed E-state index contributed by atoms with van der Waals surface area (Å²) in [5.74, 6) is 0. The summed E-state index contributed by atoms with van der Waals surface area (Å²) in [6.45, 7) is 3.24. The molecule has 2 aromatic rings. The van der Waals surface area contributed by atoms with Crippen molar-refractivity contribution in [2.75, 3.05) is 13.1 Å². The minimum absolute atomic E-state index is 0.120. The summed E-state index contributed by atoms with van der Waals surface area (Å²) >= 11 is 0. The molecule has 0 bridgehead atoms. The molecule has 24 heavy (non-hydrogen) atoms. The number of aromatic nitrogens is 2. The second kappa shape index (κ2) is 6.61. The summed E-state index contributed by atoms with van der Waals surface area (Å²) < 4.78 is 1.74. The summed E-state index contributed by atoms with van der Waals surface area (Å²) in [4.78, 5) is 19.3. The highest BCUT2D eigenvalue weighted by Gasteiger charge is 2.23. The summed E-state index contributed by atoms with van der Waals surface area (Å²) in [6, 6.07) is 10.1. The monoisotopic (exact) mass is 322 g/mol. The summed E-state index contributed by atoms with van der Waals surface area (Å²) in [5, 5.41) is 3.31. The zero-order valence-corrected chi connectivity index (χ0v) is 13.7. The molecule has 4 rings (SSSR count). The molecule has 0 saturated heterocycles. The van der Waals surface area contributed by atoms with Gasteiger partial charge in [0.2, 0.25) is 0 Å². The molecule has 0 aliphatic carbocycles. The molecule has 2 aliphatic rings. The molecule has 3 heterocycles. The van der Waals surface area contributed by atoms with Crippen molar-refractivity contribution < 1.29 is 0 Å². The lowest BCUT2D eigenvalue weighted by molar-refractivity contribution is 0.271. The Morgan fingerprint density at radius 2 is 2.00 bits per heavy atom. The normalized spacial score (nSPS) is 17.6. The fraction of sp³-hybridized carbons (Fsp3) is 0.368. The molecule has 0 radical (unpaired) electrons. The van der Waals surface area contributed by atoms with E-state index in [0.717, 1.165) is 55.7 Å². The average Bonchev–Trinajstić information content (AvgIpc) is 2.93. The van der Waals surface area contributed by atoms with Crippen molar-refractivity contribution in [3.8, 4) is 0 Å². The molecule has 0 unspecified atom stereocenters. The molecule has 1 N–H and O–H groups in total. The van der Waals surface area contributed by atoms with Crippen LogP contribution in [0.4, 0.5) is 0 Å². The fourth-order valence-corrected chi connectivity index (χ4v) is 3.48. The van der Waals surface area contributed by atoms with E-state index >= 15 is 0 Å². The Hall–Kier alpha value is -2.40. The van der Waals surface area contributed by atoms with Crippen LogP contribution in [0.5, 0.6) is 0 Å². The molecule has 2 aliphatic heterocycles. The number of hydrogen-bond acceptors (Lipinski definition) is 3. The van der Waals surface area contributed by atoms with Crippen LogP contribution in [0.2, 0.25) is 0 Å². The molecule has 5 nitrogen and oxygen atoms in total. The van der Waals surface area contributed by atoms with Crippen LogP contribution >= 0.6 is 0 Å². The quantitative estimate of drug-likeness (QED) is 0.939. The number of H-pyrrole nitrogens is 1. The van der Waals surface area contributed by atoms with Gasteiger partial charge in [0, 0.05) is 44.2 Å². The van der Waals surface area contributed by atoms with Crippen LogP contribution in [0.15, 0.2) is 51.9 Å². The van der Waals surface area contributed by atoms with Gasteiger partial charge >= 0.3 is 0 Å². The largest absolute Gasteiger partial charge is 0.299 e. The molecule has 0 fully saturated rings. The van der Waals surface area contributed by atoms with Crippen molar-refractivity contribution in [1.82, 2.24) is 14.7 Å². The SMILES string of the molecule is O=c1c2c([nH]n1Cc1ccccc1)CCN(CC1=CN=CCC1)C2.